The molecule has 0 unspecified atom stereocenters. The molecule has 0 amide bonds. The molecule has 0 radical (unpaired) electrons. The Labute approximate surface area is 83.5 Å². The molecular weight excluding hydrogens is 208 g/mol. The minimum absolute atomic E-state index is 0.106. The summed E-state index contributed by atoms with van der Waals surface area (Å²) in [5.74, 6) is -0.106. The molecule has 14 heavy (non-hydrogen) atoms. The normalized spacial score (nSPS) is 10.4. The average Bonchev–Trinajstić information content (AvgIpc) is 2.44. The smallest absolute Gasteiger partial charge is 0.449 e. The number of carbonyl (C=O) groups is 1. The first kappa shape index (κ1) is 8.83. The predicted octanol–water partition coefficient (Wildman–Crippen LogP) is 2.04. The van der Waals surface area contributed by atoms with Gasteiger partial charge >= 0.3 is 6.16 Å². The molecule has 0 aromatic carbocycles. The first-order valence-electron chi connectivity index (χ1n) is 3.72. The highest BCUT2D eigenvalue weighted by atomic mass is 35.5. The van der Waals surface area contributed by atoms with Gasteiger partial charge in [0.1, 0.15) is 5.02 Å². The van der Waals surface area contributed by atoms with E-state index in [0.717, 1.165) is 0 Å². The van der Waals surface area contributed by atoms with Crippen molar-refractivity contribution in [2.45, 2.75) is 0 Å². The number of rotatable bonds is 1. The molecule has 0 aliphatic heterocycles. The zero-order valence-corrected chi connectivity index (χ0v) is 7.60. The van der Waals surface area contributed by atoms with Crippen LogP contribution >= 0.6 is 11.6 Å². The first-order chi connectivity index (χ1) is 6.68. The number of halogens is 1. The van der Waals surface area contributed by atoms with Crippen LogP contribution in [0.25, 0.3) is 5.52 Å². The summed E-state index contributed by atoms with van der Waals surface area (Å²) in [6.45, 7) is 0. The molecule has 0 spiro atoms. The molecular formula is C8H5ClN2O3. The van der Waals surface area contributed by atoms with Crippen molar-refractivity contribution in [3.05, 3.63) is 29.4 Å². The SMILES string of the molecule is O=C(O)Oc1nn2ccccc2c1Cl. The van der Waals surface area contributed by atoms with Crippen molar-refractivity contribution in [2.75, 3.05) is 0 Å². The lowest BCUT2D eigenvalue weighted by molar-refractivity contribution is 0.142. The summed E-state index contributed by atoms with van der Waals surface area (Å²) in [4.78, 5) is 10.3. The molecule has 0 saturated carbocycles. The zero-order chi connectivity index (χ0) is 10.1. The van der Waals surface area contributed by atoms with Crippen LogP contribution in [0, 0.1) is 0 Å². The highest BCUT2D eigenvalue weighted by Crippen LogP contribution is 2.27. The number of fused-ring (bicyclic) bond motifs is 1. The van der Waals surface area contributed by atoms with Crippen LogP contribution < -0.4 is 4.74 Å². The van der Waals surface area contributed by atoms with E-state index in [0.29, 0.717) is 5.52 Å². The molecule has 0 saturated heterocycles. The van der Waals surface area contributed by atoms with Gasteiger partial charge in [-0.1, -0.05) is 17.7 Å². The fourth-order valence-corrected chi connectivity index (χ4v) is 1.32. The maximum absolute atomic E-state index is 10.3. The third-order valence-electron chi connectivity index (χ3n) is 1.63. The molecule has 0 fully saturated rings. The van der Waals surface area contributed by atoms with Crippen molar-refractivity contribution in [1.82, 2.24) is 9.61 Å². The second-order valence-corrected chi connectivity index (χ2v) is 2.90. The quantitative estimate of drug-likeness (QED) is 0.735. The molecule has 2 aromatic heterocycles. The Morgan fingerprint density at radius 2 is 2.36 bits per heavy atom. The van der Waals surface area contributed by atoms with Crippen LogP contribution in [0.2, 0.25) is 5.02 Å². The Balaban J connectivity index is 2.57. The summed E-state index contributed by atoms with van der Waals surface area (Å²) >= 11 is 5.83. The summed E-state index contributed by atoms with van der Waals surface area (Å²) in [6, 6.07) is 5.23. The number of pyridine rings is 1. The zero-order valence-electron chi connectivity index (χ0n) is 6.85. The van der Waals surface area contributed by atoms with Crippen LogP contribution in [0.4, 0.5) is 4.79 Å². The molecule has 0 aliphatic carbocycles. The van der Waals surface area contributed by atoms with Crippen molar-refractivity contribution in [3.8, 4) is 5.88 Å². The second-order valence-electron chi connectivity index (χ2n) is 2.52. The van der Waals surface area contributed by atoms with Crippen LogP contribution in [0.5, 0.6) is 5.88 Å². The van der Waals surface area contributed by atoms with E-state index >= 15 is 0 Å². The van der Waals surface area contributed by atoms with Gasteiger partial charge in [-0.25, -0.2) is 9.31 Å². The molecule has 0 aliphatic rings. The summed E-state index contributed by atoms with van der Waals surface area (Å²) in [6.07, 6.45) is 0.214. The standard InChI is InChI=1S/C8H5ClN2O3/c9-6-5-3-1-2-4-11(5)10-7(6)14-8(12)13/h1-4H,(H,12,13). The molecule has 2 aromatic rings. The van der Waals surface area contributed by atoms with Gasteiger partial charge in [-0.3, -0.25) is 0 Å². The fraction of sp³-hybridized carbons (Fsp3) is 0. The van der Waals surface area contributed by atoms with Crippen LogP contribution in [0.3, 0.4) is 0 Å². The van der Waals surface area contributed by atoms with Crippen molar-refractivity contribution in [2.24, 2.45) is 0 Å². The molecule has 0 bridgehead atoms. The van der Waals surface area contributed by atoms with E-state index in [2.05, 4.69) is 9.84 Å². The largest absolute Gasteiger partial charge is 0.512 e. The molecule has 2 rings (SSSR count). The summed E-state index contributed by atoms with van der Waals surface area (Å²) < 4.78 is 5.83. The van der Waals surface area contributed by atoms with Crippen LogP contribution in [0.15, 0.2) is 24.4 Å². The first-order valence-corrected chi connectivity index (χ1v) is 4.10. The summed E-state index contributed by atoms with van der Waals surface area (Å²) in [7, 11) is 0. The maximum atomic E-state index is 10.3. The number of hydrogen-bond donors (Lipinski definition) is 1. The Bertz CT molecular complexity index is 494. The van der Waals surface area contributed by atoms with E-state index in [1.807, 2.05) is 0 Å². The van der Waals surface area contributed by atoms with Gasteiger partial charge in [-0.05, 0) is 12.1 Å². The van der Waals surface area contributed by atoms with Crippen molar-refractivity contribution >= 4 is 23.3 Å². The monoisotopic (exact) mass is 212 g/mol. The number of nitrogens with zero attached hydrogens (tertiary/aromatic N) is 2. The van der Waals surface area contributed by atoms with Gasteiger partial charge in [-0.15, -0.1) is 5.10 Å². The lowest BCUT2D eigenvalue weighted by atomic mass is 10.4. The molecule has 72 valence electrons. The van der Waals surface area contributed by atoms with Crippen molar-refractivity contribution in [1.29, 1.82) is 0 Å². The van der Waals surface area contributed by atoms with E-state index in [1.165, 1.54) is 4.52 Å². The van der Waals surface area contributed by atoms with E-state index in [-0.39, 0.29) is 10.9 Å². The minimum atomic E-state index is -1.43. The minimum Gasteiger partial charge on any atom is -0.449 e. The van der Waals surface area contributed by atoms with Crippen molar-refractivity contribution < 1.29 is 14.6 Å². The van der Waals surface area contributed by atoms with E-state index in [4.69, 9.17) is 16.7 Å². The predicted molar refractivity (Wildman–Crippen MR) is 48.9 cm³/mol. The Kier molecular flexibility index (Phi) is 2.01. The van der Waals surface area contributed by atoms with Crippen LogP contribution in [0.1, 0.15) is 0 Å². The summed E-state index contributed by atoms with van der Waals surface area (Å²) in [5, 5.41) is 12.4. The van der Waals surface area contributed by atoms with Gasteiger partial charge < -0.3 is 9.84 Å². The summed E-state index contributed by atoms with van der Waals surface area (Å²) in [5.41, 5.74) is 0.602. The maximum Gasteiger partial charge on any atom is 0.512 e. The lowest BCUT2D eigenvalue weighted by Crippen LogP contribution is -2.03. The number of carboxylic acid groups (broad SMARTS) is 1. The molecule has 6 heteroatoms. The highest BCUT2D eigenvalue weighted by molar-refractivity contribution is 6.35. The Morgan fingerprint density at radius 1 is 1.57 bits per heavy atom. The van der Waals surface area contributed by atoms with Gasteiger partial charge in [0.25, 0.3) is 5.88 Å². The average molecular weight is 213 g/mol. The fourth-order valence-electron chi connectivity index (χ4n) is 1.09. The number of aromatic nitrogens is 2. The topological polar surface area (TPSA) is 63.8 Å². The second kappa shape index (κ2) is 3.19. The van der Waals surface area contributed by atoms with Crippen molar-refractivity contribution in [3.63, 3.8) is 0 Å². The number of ether oxygens (including phenoxy) is 1. The lowest BCUT2D eigenvalue weighted by Gasteiger charge is -1.91. The number of hydrogen-bond acceptors (Lipinski definition) is 3. The van der Waals surface area contributed by atoms with E-state index in [1.54, 1.807) is 24.4 Å². The Morgan fingerprint density at radius 3 is 3.00 bits per heavy atom. The van der Waals surface area contributed by atoms with Gasteiger partial charge in [0.15, 0.2) is 0 Å². The molecule has 0 atom stereocenters. The van der Waals surface area contributed by atoms with Crippen LogP contribution in [-0.2, 0) is 0 Å². The molecule has 5 nitrogen and oxygen atoms in total. The van der Waals surface area contributed by atoms with Gasteiger partial charge in [0, 0.05) is 6.20 Å². The van der Waals surface area contributed by atoms with Gasteiger partial charge in [0.2, 0.25) is 0 Å². The van der Waals surface area contributed by atoms with Crippen LogP contribution in [-0.4, -0.2) is 20.9 Å². The van der Waals surface area contributed by atoms with E-state index < -0.39 is 6.16 Å². The molecule has 2 heterocycles. The third kappa shape index (κ3) is 1.38. The highest BCUT2D eigenvalue weighted by Gasteiger charge is 2.13. The Hall–Kier alpha value is -1.75. The van der Waals surface area contributed by atoms with E-state index in [9.17, 15) is 4.79 Å². The van der Waals surface area contributed by atoms with Gasteiger partial charge in [0.05, 0.1) is 5.52 Å². The third-order valence-corrected chi connectivity index (χ3v) is 1.99. The van der Waals surface area contributed by atoms with Gasteiger partial charge in [-0.2, -0.15) is 0 Å². The molecule has 1 N–H and O–H groups in total.